The normalized spacial score (nSPS) is 25.9. The molecule has 1 saturated heterocycles. The molecule has 2 aromatic rings. The van der Waals surface area contributed by atoms with E-state index in [2.05, 4.69) is 67.0 Å². The van der Waals surface area contributed by atoms with Crippen molar-refractivity contribution in [2.45, 2.75) is 51.6 Å². The maximum Gasteiger partial charge on any atom is 0.217 e. The standard InChI is InChI=1S/C19H23Br2N3O/c1-4-24-8-11(23-10(3)25)5-13-14-6-15(20)18(21)19-17(14)12(7-16(13)24)9(2)22-19/h6,11,13,16,22H,4-5,7-8H2,1-3H3,(H,23,25)/t11-,13-,16-/m1/s1. The molecule has 0 saturated carbocycles. The number of benzene rings is 1. The number of fused-ring (bicyclic) bond motifs is 2. The van der Waals surface area contributed by atoms with Crippen LogP contribution >= 0.6 is 31.9 Å². The van der Waals surface area contributed by atoms with Gasteiger partial charge >= 0.3 is 0 Å². The molecule has 1 aromatic carbocycles. The fraction of sp³-hybridized carbons (Fsp3) is 0.526. The van der Waals surface area contributed by atoms with Crippen LogP contribution in [-0.4, -0.2) is 41.0 Å². The largest absolute Gasteiger partial charge is 0.357 e. The summed E-state index contributed by atoms with van der Waals surface area (Å²) in [7, 11) is 0. The Balaban J connectivity index is 1.86. The van der Waals surface area contributed by atoms with Gasteiger partial charge in [0.25, 0.3) is 0 Å². The quantitative estimate of drug-likeness (QED) is 0.692. The molecule has 1 fully saturated rings. The van der Waals surface area contributed by atoms with Crippen LogP contribution in [-0.2, 0) is 11.2 Å². The first-order valence-corrected chi connectivity index (χ1v) is 10.5. The number of hydrogen-bond acceptors (Lipinski definition) is 2. The molecular formula is C19H23Br2N3O. The number of piperidine rings is 1. The van der Waals surface area contributed by atoms with Crippen molar-refractivity contribution in [2.75, 3.05) is 13.1 Å². The minimum absolute atomic E-state index is 0.0654. The van der Waals surface area contributed by atoms with Gasteiger partial charge in [0, 0.05) is 47.0 Å². The van der Waals surface area contributed by atoms with Gasteiger partial charge in [-0.25, -0.2) is 0 Å². The summed E-state index contributed by atoms with van der Waals surface area (Å²) in [5.74, 6) is 0.510. The highest BCUT2D eigenvalue weighted by Crippen LogP contribution is 2.47. The van der Waals surface area contributed by atoms with Crippen LogP contribution in [0.5, 0.6) is 0 Å². The molecule has 3 atom stereocenters. The van der Waals surface area contributed by atoms with E-state index in [9.17, 15) is 4.79 Å². The van der Waals surface area contributed by atoms with Crippen molar-refractivity contribution in [3.05, 3.63) is 31.8 Å². The smallest absolute Gasteiger partial charge is 0.217 e. The average molecular weight is 469 g/mol. The first kappa shape index (κ1) is 17.6. The molecule has 2 aliphatic rings. The lowest BCUT2D eigenvalue weighted by Gasteiger charge is -2.47. The molecule has 4 rings (SSSR count). The summed E-state index contributed by atoms with van der Waals surface area (Å²) in [6, 6.07) is 3.01. The Morgan fingerprint density at radius 3 is 2.88 bits per heavy atom. The van der Waals surface area contributed by atoms with Gasteiger partial charge < -0.3 is 10.3 Å². The molecule has 0 spiro atoms. The summed E-state index contributed by atoms with van der Waals surface area (Å²) < 4.78 is 2.19. The number of aromatic amines is 1. The molecule has 1 aromatic heterocycles. The van der Waals surface area contributed by atoms with Gasteiger partial charge in [0.2, 0.25) is 5.91 Å². The minimum Gasteiger partial charge on any atom is -0.357 e. The van der Waals surface area contributed by atoms with Gasteiger partial charge in [-0.1, -0.05) is 6.92 Å². The first-order valence-electron chi connectivity index (χ1n) is 8.90. The number of likely N-dealkylation sites (N-methyl/N-ethyl adjacent to an activating group) is 1. The van der Waals surface area contributed by atoms with E-state index in [4.69, 9.17) is 0 Å². The number of carbonyl (C=O) groups is 1. The van der Waals surface area contributed by atoms with Crippen molar-refractivity contribution in [1.29, 1.82) is 0 Å². The molecular weight excluding hydrogens is 446 g/mol. The second kappa shape index (κ2) is 6.39. The lowest BCUT2D eigenvalue weighted by Crippen LogP contribution is -2.55. The van der Waals surface area contributed by atoms with E-state index in [1.54, 1.807) is 6.92 Å². The fourth-order valence-electron chi connectivity index (χ4n) is 4.87. The first-order chi connectivity index (χ1) is 11.9. The molecule has 0 unspecified atom stereocenters. The summed E-state index contributed by atoms with van der Waals surface area (Å²) in [5.41, 5.74) is 5.33. The van der Waals surface area contributed by atoms with Gasteiger partial charge in [0.15, 0.2) is 0 Å². The molecule has 0 radical (unpaired) electrons. The predicted molar refractivity (Wildman–Crippen MR) is 108 cm³/mol. The van der Waals surface area contributed by atoms with Crippen molar-refractivity contribution in [1.82, 2.24) is 15.2 Å². The van der Waals surface area contributed by atoms with Crippen LogP contribution in [0.15, 0.2) is 15.0 Å². The number of rotatable bonds is 2. The Morgan fingerprint density at radius 2 is 2.20 bits per heavy atom. The SMILES string of the molecule is CCN1C[C@H](NC(C)=O)C[C@@H]2c3cc(Br)c(Br)c4[nH]c(C)c(c34)C[C@H]21. The van der Waals surface area contributed by atoms with Gasteiger partial charge in [0.05, 0.1) is 9.99 Å². The van der Waals surface area contributed by atoms with E-state index in [1.807, 2.05) is 0 Å². The Labute approximate surface area is 165 Å². The number of likely N-dealkylation sites (tertiary alicyclic amines) is 1. The van der Waals surface area contributed by atoms with Gasteiger partial charge in [0.1, 0.15) is 0 Å². The summed E-state index contributed by atoms with van der Waals surface area (Å²) in [6.07, 6.45) is 2.09. The number of nitrogens with one attached hydrogen (secondary N) is 2. The van der Waals surface area contributed by atoms with Gasteiger partial charge in [-0.15, -0.1) is 0 Å². The number of amides is 1. The fourth-order valence-corrected chi connectivity index (χ4v) is 5.72. The summed E-state index contributed by atoms with van der Waals surface area (Å²) in [4.78, 5) is 17.7. The van der Waals surface area contributed by atoms with E-state index in [0.717, 1.165) is 34.9 Å². The van der Waals surface area contributed by atoms with Crippen LogP contribution in [0.3, 0.4) is 0 Å². The molecule has 25 heavy (non-hydrogen) atoms. The molecule has 1 aliphatic carbocycles. The second-order valence-electron chi connectivity index (χ2n) is 7.34. The van der Waals surface area contributed by atoms with Crippen LogP contribution in [0.1, 0.15) is 43.0 Å². The van der Waals surface area contributed by atoms with E-state index in [1.165, 1.54) is 27.7 Å². The lowest BCUT2D eigenvalue weighted by molar-refractivity contribution is -0.120. The molecule has 2 heterocycles. The molecule has 6 heteroatoms. The van der Waals surface area contributed by atoms with E-state index >= 15 is 0 Å². The summed E-state index contributed by atoms with van der Waals surface area (Å²) >= 11 is 7.45. The Morgan fingerprint density at radius 1 is 1.44 bits per heavy atom. The van der Waals surface area contributed by atoms with Gasteiger partial charge in [-0.2, -0.15) is 0 Å². The lowest BCUT2D eigenvalue weighted by atomic mass is 9.73. The van der Waals surface area contributed by atoms with Crippen LogP contribution in [0.4, 0.5) is 0 Å². The number of H-pyrrole nitrogens is 1. The average Bonchev–Trinajstić information content (AvgIpc) is 2.89. The molecule has 4 nitrogen and oxygen atoms in total. The summed E-state index contributed by atoms with van der Waals surface area (Å²) in [6.45, 7) is 7.97. The molecule has 0 bridgehead atoms. The zero-order valence-corrected chi connectivity index (χ0v) is 17.9. The van der Waals surface area contributed by atoms with Crippen LogP contribution in [0, 0.1) is 6.92 Å². The zero-order valence-electron chi connectivity index (χ0n) is 14.7. The van der Waals surface area contributed by atoms with Gasteiger partial charge in [-0.3, -0.25) is 9.69 Å². The molecule has 1 aliphatic heterocycles. The third-order valence-electron chi connectivity index (χ3n) is 5.87. The van der Waals surface area contributed by atoms with Crippen molar-refractivity contribution >= 4 is 48.7 Å². The number of nitrogens with zero attached hydrogens (tertiary/aromatic N) is 1. The summed E-state index contributed by atoms with van der Waals surface area (Å²) in [5, 5.41) is 4.54. The van der Waals surface area contributed by atoms with Crippen molar-refractivity contribution < 1.29 is 4.79 Å². The zero-order chi connectivity index (χ0) is 17.9. The third kappa shape index (κ3) is 2.77. The Kier molecular flexibility index (Phi) is 4.49. The number of carbonyl (C=O) groups excluding carboxylic acids is 1. The monoisotopic (exact) mass is 467 g/mol. The van der Waals surface area contributed by atoms with Crippen LogP contribution in [0.25, 0.3) is 10.9 Å². The third-order valence-corrected chi connectivity index (χ3v) is 7.85. The van der Waals surface area contributed by atoms with E-state index in [-0.39, 0.29) is 11.9 Å². The molecule has 2 N–H and O–H groups in total. The highest BCUT2D eigenvalue weighted by Gasteiger charge is 2.41. The number of aryl methyl sites for hydroxylation is 1. The minimum atomic E-state index is 0.0654. The van der Waals surface area contributed by atoms with E-state index in [0.29, 0.717) is 12.0 Å². The predicted octanol–water partition coefficient (Wildman–Crippen LogP) is 4.24. The Bertz CT molecular complexity index is 860. The van der Waals surface area contributed by atoms with Crippen molar-refractivity contribution in [2.24, 2.45) is 0 Å². The number of hydrogen-bond donors (Lipinski definition) is 2. The second-order valence-corrected chi connectivity index (χ2v) is 8.99. The van der Waals surface area contributed by atoms with E-state index < -0.39 is 0 Å². The Hall–Kier alpha value is -0.850. The van der Waals surface area contributed by atoms with Gasteiger partial charge in [-0.05, 0) is 75.4 Å². The number of halogens is 2. The van der Waals surface area contributed by atoms with Crippen LogP contribution in [0.2, 0.25) is 0 Å². The van der Waals surface area contributed by atoms with Crippen molar-refractivity contribution in [3.8, 4) is 0 Å². The molecule has 134 valence electrons. The highest BCUT2D eigenvalue weighted by atomic mass is 79.9. The maximum absolute atomic E-state index is 11.6. The van der Waals surface area contributed by atoms with Crippen LogP contribution < -0.4 is 5.32 Å². The topological polar surface area (TPSA) is 48.1 Å². The maximum atomic E-state index is 11.6. The molecule has 1 amide bonds. The highest BCUT2D eigenvalue weighted by molar-refractivity contribution is 9.13. The number of aromatic nitrogens is 1. The van der Waals surface area contributed by atoms with Crippen molar-refractivity contribution in [3.63, 3.8) is 0 Å².